The highest BCUT2D eigenvalue weighted by atomic mass is 35.5. The number of rotatable bonds is 3. The van der Waals surface area contributed by atoms with Crippen molar-refractivity contribution < 1.29 is 4.79 Å². The van der Waals surface area contributed by atoms with E-state index >= 15 is 0 Å². The SMILES string of the molecule is CNc1cccc(C(=O)Nc2ccccc2Cl)c1. The minimum Gasteiger partial charge on any atom is -0.388 e. The van der Waals surface area contributed by atoms with Crippen LogP contribution in [-0.4, -0.2) is 13.0 Å². The lowest BCUT2D eigenvalue weighted by molar-refractivity contribution is 0.102. The van der Waals surface area contributed by atoms with Crippen molar-refractivity contribution in [3.05, 3.63) is 59.1 Å². The molecule has 0 atom stereocenters. The minimum absolute atomic E-state index is 0.180. The van der Waals surface area contributed by atoms with Crippen molar-refractivity contribution in [3.8, 4) is 0 Å². The number of hydrogen-bond donors (Lipinski definition) is 2. The molecule has 0 aromatic heterocycles. The lowest BCUT2D eigenvalue weighted by Crippen LogP contribution is -2.12. The van der Waals surface area contributed by atoms with Crippen LogP contribution in [-0.2, 0) is 0 Å². The average molecular weight is 261 g/mol. The lowest BCUT2D eigenvalue weighted by atomic mass is 10.2. The molecule has 0 saturated carbocycles. The molecule has 0 heterocycles. The van der Waals surface area contributed by atoms with Crippen LogP contribution in [0.2, 0.25) is 5.02 Å². The summed E-state index contributed by atoms with van der Waals surface area (Å²) in [5, 5.41) is 6.29. The third-order valence-electron chi connectivity index (χ3n) is 2.54. The average Bonchev–Trinajstić information content (AvgIpc) is 2.41. The zero-order chi connectivity index (χ0) is 13.0. The van der Waals surface area contributed by atoms with Gasteiger partial charge in [0.25, 0.3) is 5.91 Å². The lowest BCUT2D eigenvalue weighted by Gasteiger charge is -2.08. The van der Waals surface area contributed by atoms with Gasteiger partial charge in [0.05, 0.1) is 10.7 Å². The molecule has 0 spiro atoms. The zero-order valence-corrected chi connectivity index (χ0v) is 10.7. The Bertz CT molecular complexity index is 569. The molecule has 3 nitrogen and oxygen atoms in total. The van der Waals surface area contributed by atoms with Gasteiger partial charge in [-0.05, 0) is 30.3 Å². The Kier molecular flexibility index (Phi) is 3.85. The fourth-order valence-corrected chi connectivity index (χ4v) is 1.76. The molecule has 0 radical (unpaired) electrons. The van der Waals surface area contributed by atoms with E-state index in [1.807, 2.05) is 31.3 Å². The molecular formula is C14H13ClN2O. The maximum atomic E-state index is 12.0. The summed E-state index contributed by atoms with van der Waals surface area (Å²) in [6.45, 7) is 0. The Balaban J connectivity index is 2.19. The first kappa shape index (κ1) is 12.5. The third kappa shape index (κ3) is 2.81. The number of anilines is 2. The summed E-state index contributed by atoms with van der Waals surface area (Å²) in [5.41, 5.74) is 2.09. The molecule has 0 aliphatic carbocycles. The number of benzene rings is 2. The topological polar surface area (TPSA) is 41.1 Å². The van der Waals surface area contributed by atoms with E-state index in [-0.39, 0.29) is 5.91 Å². The van der Waals surface area contributed by atoms with Crippen LogP contribution in [0.15, 0.2) is 48.5 Å². The van der Waals surface area contributed by atoms with Crippen molar-refractivity contribution >= 4 is 28.9 Å². The second-order valence-electron chi connectivity index (χ2n) is 3.76. The van der Waals surface area contributed by atoms with E-state index in [0.717, 1.165) is 5.69 Å². The van der Waals surface area contributed by atoms with Crippen LogP contribution < -0.4 is 10.6 Å². The van der Waals surface area contributed by atoms with Crippen molar-refractivity contribution in [1.29, 1.82) is 0 Å². The molecule has 0 fully saturated rings. The van der Waals surface area contributed by atoms with Crippen LogP contribution in [0.3, 0.4) is 0 Å². The summed E-state index contributed by atoms with van der Waals surface area (Å²) in [6.07, 6.45) is 0. The highest BCUT2D eigenvalue weighted by Gasteiger charge is 2.08. The van der Waals surface area contributed by atoms with Gasteiger partial charge < -0.3 is 10.6 Å². The summed E-state index contributed by atoms with van der Waals surface area (Å²) in [4.78, 5) is 12.0. The number of amides is 1. The fraction of sp³-hybridized carbons (Fsp3) is 0.0714. The Morgan fingerprint density at radius 3 is 2.61 bits per heavy atom. The van der Waals surface area contributed by atoms with Crippen molar-refractivity contribution in [3.63, 3.8) is 0 Å². The van der Waals surface area contributed by atoms with E-state index < -0.39 is 0 Å². The molecule has 0 aliphatic heterocycles. The normalized spacial score (nSPS) is 9.89. The highest BCUT2D eigenvalue weighted by Crippen LogP contribution is 2.21. The van der Waals surface area contributed by atoms with Gasteiger partial charge in [0.15, 0.2) is 0 Å². The van der Waals surface area contributed by atoms with E-state index in [9.17, 15) is 4.79 Å². The molecule has 0 saturated heterocycles. The summed E-state index contributed by atoms with van der Waals surface area (Å²) in [7, 11) is 1.81. The first-order valence-corrected chi connectivity index (χ1v) is 5.92. The van der Waals surface area contributed by atoms with E-state index in [4.69, 9.17) is 11.6 Å². The van der Waals surface area contributed by atoms with Crippen LogP contribution in [0.1, 0.15) is 10.4 Å². The van der Waals surface area contributed by atoms with Crippen molar-refractivity contribution in [2.75, 3.05) is 17.7 Å². The van der Waals surface area contributed by atoms with E-state index in [1.165, 1.54) is 0 Å². The van der Waals surface area contributed by atoms with Gasteiger partial charge in [-0.3, -0.25) is 4.79 Å². The predicted molar refractivity (Wildman–Crippen MR) is 75.4 cm³/mol. The Morgan fingerprint density at radius 2 is 1.89 bits per heavy atom. The summed E-state index contributed by atoms with van der Waals surface area (Å²) in [6, 6.07) is 14.4. The van der Waals surface area contributed by atoms with Crippen molar-refractivity contribution in [1.82, 2.24) is 0 Å². The van der Waals surface area contributed by atoms with Crippen molar-refractivity contribution in [2.24, 2.45) is 0 Å². The Hall–Kier alpha value is -2.00. The van der Waals surface area contributed by atoms with Gasteiger partial charge in [-0.2, -0.15) is 0 Å². The van der Waals surface area contributed by atoms with Crippen LogP contribution in [0.25, 0.3) is 0 Å². The summed E-state index contributed by atoms with van der Waals surface area (Å²) in [5.74, 6) is -0.180. The molecule has 18 heavy (non-hydrogen) atoms. The number of hydrogen-bond acceptors (Lipinski definition) is 2. The summed E-state index contributed by atoms with van der Waals surface area (Å²) < 4.78 is 0. The minimum atomic E-state index is -0.180. The van der Waals surface area contributed by atoms with Gasteiger partial charge in [0.2, 0.25) is 0 Å². The Labute approximate surface area is 111 Å². The van der Waals surface area contributed by atoms with Gasteiger partial charge in [0, 0.05) is 18.3 Å². The van der Waals surface area contributed by atoms with Gasteiger partial charge >= 0.3 is 0 Å². The molecule has 0 aliphatic rings. The third-order valence-corrected chi connectivity index (χ3v) is 2.87. The van der Waals surface area contributed by atoms with Crippen LogP contribution in [0, 0.1) is 0 Å². The zero-order valence-electron chi connectivity index (χ0n) is 9.91. The first-order chi connectivity index (χ1) is 8.70. The van der Waals surface area contributed by atoms with Gasteiger partial charge in [-0.15, -0.1) is 0 Å². The van der Waals surface area contributed by atoms with Crippen LogP contribution >= 0.6 is 11.6 Å². The number of carbonyl (C=O) groups is 1. The standard InChI is InChI=1S/C14H13ClN2O/c1-16-11-6-4-5-10(9-11)14(18)17-13-8-3-2-7-12(13)15/h2-9,16H,1H3,(H,17,18). The van der Waals surface area contributed by atoms with Gasteiger partial charge in [-0.25, -0.2) is 0 Å². The molecule has 2 N–H and O–H groups in total. The fourth-order valence-electron chi connectivity index (χ4n) is 1.57. The van der Waals surface area contributed by atoms with E-state index in [2.05, 4.69) is 10.6 Å². The Morgan fingerprint density at radius 1 is 1.11 bits per heavy atom. The predicted octanol–water partition coefficient (Wildman–Crippen LogP) is 3.63. The molecular weight excluding hydrogens is 248 g/mol. The number of halogens is 1. The monoisotopic (exact) mass is 260 g/mol. The maximum Gasteiger partial charge on any atom is 0.255 e. The molecule has 4 heteroatoms. The van der Waals surface area contributed by atoms with Crippen LogP contribution in [0.4, 0.5) is 11.4 Å². The molecule has 0 unspecified atom stereocenters. The molecule has 92 valence electrons. The van der Waals surface area contributed by atoms with E-state index in [0.29, 0.717) is 16.3 Å². The summed E-state index contributed by atoms with van der Waals surface area (Å²) >= 11 is 5.99. The highest BCUT2D eigenvalue weighted by molar-refractivity contribution is 6.33. The molecule has 2 rings (SSSR count). The number of para-hydroxylation sites is 1. The molecule has 2 aromatic carbocycles. The van der Waals surface area contributed by atoms with Gasteiger partial charge in [-0.1, -0.05) is 29.8 Å². The van der Waals surface area contributed by atoms with Crippen LogP contribution in [0.5, 0.6) is 0 Å². The number of carbonyl (C=O) groups excluding carboxylic acids is 1. The molecule has 2 aromatic rings. The second-order valence-corrected chi connectivity index (χ2v) is 4.17. The smallest absolute Gasteiger partial charge is 0.255 e. The van der Waals surface area contributed by atoms with E-state index in [1.54, 1.807) is 24.3 Å². The first-order valence-electron chi connectivity index (χ1n) is 5.54. The van der Waals surface area contributed by atoms with Crippen molar-refractivity contribution in [2.45, 2.75) is 0 Å². The largest absolute Gasteiger partial charge is 0.388 e. The molecule has 1 amide bonds. The van der Waals surface area contributed by atoms with Gasteiger partial charge in [0.1, 0.15) is 0 Å². The quantitative estimate of drug-likeness (QED) is 0.885. The number of nitrogens with one attached hydrogen (secondary N) is 2. The maximum absolute atomic E-state index is 12.0. The molecule has 0 bridgehead atoms. The second kappa shape index (κ2) is 5.56.